The Morgan fingerprint density at radius 3 is 2.86 bits per heavy atom. The molecule has 0 spiro atoms. The molecule has 1 heterocycles. The Morgan fingerprint density at radius 2 is 2.36 bits per heavy atom. The number of thioether (sulfide) groups is 1. The molecule has 2 unspecified atom stereocenters. The Morgan fingerprint density at radius 1 is 1.57 bits per heavy atom. The second-order valence-electron chi connectivity index (χ2n) is 4.23. The normalized spacial score (nSPS) is 25.5. The van der Waals surface area contributed by atoms with Crippen LogP contribution in [0.2, 0.25) is 0 Å². The SMILES string of the molecule is CCC1CCN(C(CN)CCSC)C1. The molecular formula is C11H24N2S. The summed E-state index contributed by atoms with van der Waals surface area (Å²) in [5.41, 5.74) is 5.83. The highest BCUT2D eigenvalue weighted by Gasteiger charge is 2.25. The molecule has 0 bridgehead atoms. The number of rotatable bonds is 6. The van der Waals surface area contributed by atoms with Crippen molar-refractivity contribution in [3.05, 3.63) is 0 Å². The second-order valence-corrected chi connectivity index (χ2v) is 5.21. The summed E-state index contributed by atoms with van der Waals surface area (Å²) < 4.78 is 0. The van der Waals surface area contributed by atoms with E-state index >= 15 is 0 Å². The Bertz CT molecular complexity index is 152. The fourth-order valence-electron chi connectivity index (χ4n) is 2.23. The molecule has 14 heavy (non-hydrogen) atoms. The molecular weight excluding hydrogens is 192 g/mol. The predicted octanol–water partition coefficient (Wildman–Crippen LogP) is 1.80. The monoisotopic (exact) mass is 216 g/mol. The summed E-state index contributed by atoms with van der Waals surface area (Å²) in [5.74, 6) is 2.17. The molecule has 84 valence electrons. The van der Waals surface area contributed by atoms with Crippen molar-refractivity contribution in [2.75, 3.05) is 31.6 Å². The summed E-state index contributed by atoms with van der Waals surface area (Å²) in [6, 6.07) is 0.638. The minimum atomic E-state index is 0.638. The van der Waals surface area contributed by atoms with Crippen molar-refractivity contribution in [2.24, 2.45) is 11.7 Å². The molecule has 2 atom stereocenters. The van der Waals surface area contributed by atoms with Crippen LogP contribution in [0.5, 0.6) is 0 Å². The van der Waals surface area contributed by atoms with Gasteiger partial charge in [0.2, 0.25) is 0 Å². The molecule has 2 nitrogen and oxygen atoms in total. The maximum atomic E-state index is 5.83. The average Bonchev–Trinajstić information content (AvgIpc) is 2.68. The van der Waals surface area contributed by atoms with Crippen LogP contribution in [-0.2, 0) is 0 Å². The number of nitrogens with two attached hydrogens (primary N) is 1. The number of hydrogen-bond acceptors (Lipinski definition) is 3. The van der Waals surface area contributed by atoms with Gasteiger partial charge in [0.25, 0.3) is 0 Å². The van der Waals surface area contributed by atoms with E-state index in [4.69, 9.17) is 5.73 Å². The topological polar surface area (TPSA) is 29.3 Å². The fraction of sp³-hybridized carbons (Fsp3) is 1.00. The highest BCUT2D eigenvalue weighted by atomic mass is 32.2. The van der Waals surface area contributed by atoms with E-state index in [-0.39, 0.29) is 0 Å². The van der Waals surface area contributed by atoms with E-state index in [2.05, 4.69) is 18.1 Å². The van der Waals surface area contributed by atoms with Crippen LogP contribution in [0, 0.1) is 5.92 Å². The van der Waals surface area contributed by atoms with Crippen LogP contribution in [0.3, 0.4) is 0 Å². The predicted molar refractivity (Wildman–Crippen MR) is 65.8 cm³/mol. The molecule has 0 aromatic heterocycles. The quantitative estimate of drug-likeness (QED) is 0.734. The van der Waals surface area contributed by atoms with Gasteiger partial charge in [-0.05, 0) is 37.3 Å². The Kier molecular flexibility index (Phi) is 5.90. The lowest BCUT2D eigenvalue weighted by Crippen LogP contribution is -2.39. The second kappa shape index (κ2) is 6.70. The van der Waals surface area contributed by atoms with E-state index in [1.807, 2.05) is 11.8 Å². The number of likely N-dealkylation sites (tertiary alicyclic amines) is 1. The van der Waals surface area contributed by atoms with Crippen LogP contribution in [0.15, 0.2) is 0 Å². The van der Waals surface area contributed by atoms with Crippen molar-refractivity contribution in [1.82, 2.24) is 4.90 Å². The summed E-state index contributed by atoms with van der Waals surface area (Å²) in [4.78, 5) is 2.60. The minimum Gasteiger partial charge on any atom is -0.329 e. The van der Waals surface area contributed by atoms with Gasteiger partial charge in [-0.25, -0.2) is 0 Å². The summed E-state index contributed by atoms with van der Waals surface area (Å²) >= 11 is 1.93. The Balaban J connectivity index is 2.30. The molecule has 0 aliphatic carbocycles. The molecule has 0 aromatic rings. The largest absolute Gasteiger partial charge is 0.329 e. The van der Waals surface area contributed by atoms with Gasteiger partial charge in [0.15, 0.2) is 0 Å². The van der Waals surface area contributed by atoms with Crippen molar-refractivity contribution in [1.29, 1.82) is 0 Å². The van der Waals surface area contributed by atoms with Gasteiger partial charge in [-0.2, -0.15) is 11.8 Å². The molecule has 0 aromatic carbocycles. The molecule has 1 rings (SSSR count). The standard InChI is InChI=1S/C11H24N2S/c1-3-10-4-6-13(9-10)11(8-12)5-7-14-2/h10-11H,3-9,12H2,1-2H3. The van der Waals surface area contributed by atoms with Crippen LogP contribution in [0.1, 0.15) is 26.2 Å². The van der Waals surface area contributed by atoms with Crippen LogP contribution < -0.4 is 5.73 Å². The highest BCUT2D eigenvalue weighted by Crippen LogP contribution is 2.22. The zero-order valence-electron chi connectivity index (χ0n) is 9.54. The number of nitrogens with zero attached hydrogens (tertiary/aromatic N) is 1. The first kappa shape index (κ1) is 12.3. The smallest absolute Gasteiger partial charge is 0.0226 e. The summed E-state index contributed by atoms with van der Waals surface area (Å²) in [6.07, 6.45) is 6.14. The number of hydrogen-bond donors (Lipinski definition) is 1. The maximum absolute atomic E-state index is 5.83. The molecule has 1 fully saturated rings. The van der Waals surface area contributed by atoms with Gasteiger partial charge >= 0.3 is 0 Å². The van der Waals surface area contributed by atoms with Crippen molar-refractivity contribution in [2.45, 2.75) is 32.2 Å². The first-order chi connectivity index (χ1) is 6.81. The van der Waals surface area contributed by atoms with Crippen LogP contribution in [0.25, 0.3) is 0 Å². The minimum absolute atomic E-state index is 0.638. The zero-order chi connectivity index (χ0) is 10.4. The first-order valence-corrected chi connectivity index (χ1v) is 7.14. The zero-order valence-corrected chi connectivity index (χ0v) is 10.4. The highest BCUT2D eigenvalue weighted by molar-refractivity contribution is 7.98. The maximum Gasteiger partial charge on any atom is 0.0226 e. The van der Waals surface area contributed by atoms with Gasteiger partial charge in [-0.15, -0.1) is 0 Å². The van der Waals surface area contributed by atoms with Crippen molar-refractivity contribution >= 4 is 11.8 Å². The lowest BCUT2D eigenvalue weighted by molar-refractivity contribution is 0.233. The lowest BCUT2D eigenvalue weighted by atomic mass is 10.1. The van der Waals surface area contributed by atoms with Gasteiger partial charge in [-0.3, -0.25) is 4.90 Å². The van der Waals surface area contributed by atoms with Gasteiger partial charge in [-0.1, -0.05) is 13.3 Å². The molecule has 0 saturated carbocycles. The Hall–Kier alpha value is 0.270. The molecule has 3 heteroatoms. The van der Waals surface area contributed by atoms with Crippen molar-refractivity contribution in [3.63, 3.8) is 0 Å². The molecule has 1 aliphatic heterocycles. The van der Waals surface area contributed by atoms with E-state index in [1.165, 1.54) is 38.1 Å². The van der Waals surface area contributed by atoms with E-state index in [0.717, 1.165) is 12.5 Å². The van der Waals surface area contributed by atoms with Crippen LogP contribution >= 0.6 is 11.8 Å². The average molecular weight is 216 g/mol. The summed E-state index contributed by atoms with van der Waals surface area (Å²) in [5, 5.41) is 0. The van der Waals surface area contributed by atoms with E-state index in [1.54, 1.807) is 0 Å². The van der Waals surface area contributed by atoms with Gasteiger partial charge in [0.05, 0.1) is 0 Å². The summed E-state index contributed by atoms with van der Waals surface area (Å²) in [7, 11) is 0. The van der Waals surface area contributed by atoms with Gasteiger partial charge < -0.3 is 5.73 Å². The van der Waals surface area contributed by atoms with Crippen molar-refractivity contribution in [3.8, 4) is 0 Å². The molecule has 0 amide bonds. The van der Waals surface area contributed by atoms with Crippen molar-refractivity contribution < 1.29 is 0 Å². The molecule has 2 N–H and O–H groups in total. The third kappa shape index (κ3) is 3.44. The van der Waals surface area contributed by atoms with Gasteiger partial charge in [0, 0.05) is 19.1 Å². The van der Waals surface area contributed by atoms with Gasteiger partial charge in [0.1, 0.15) is 0 Å². The summed E-state index contributed by atoms with van der Waals surface area (Å²) in [6.45, 7) is 5.69. The first-order valence-electron chi connectivity index (χ1n) is 5.74. The lowest BCUT2D eigenvalue weighted by Gasteiger charge is -2.26. The van der Waals surface area contributed by atoms with E-state index in [0.29, 0.717) is 6.04 Å². The molecule has 1 aliphatic rings. The molecule has 1 saturated heterocycles. The van der Waals surface area contributed by atoms with Crippen LogP contribution in [0.4, 0.5) is 0 Å². The third-order valence-corrected chi connectivity index (χ3v) is 3.98. The third-order valence-electron chi connectivity index (χ3n) is 3.34. The van der Waals surface area contributed by atoms with E-state index < -0.39 is 0 Å². The van der Waals surface area contributed by atoms with E-state index in [9.17, 15) is 0 Å². The molecule has 0 radical (unpaired) electrons. The van der Waals surface area contributed by atoms with Crippen LogP contribution in [-0.4, -0.2) is 42.6 Å². The Labute approximate surface area is 92.6 Å². The fourth-order valence-corrected chi connectivity index (χ4v) is 2.74.